The van der Waals surface area contributed by atoms with E-state index in [4.69, 9.17) is 13.6 Å². The van der Waals surface area contributed by atoms with Crippen molar-refractivity contribution >= 4 is 13.7 Å². The Labute approximate surface area is 236 Å². The van der Waals surface area contributed by atoms with E-state index < -0.39 is 25.1 Å². The lowest BCUT2D eigenvalue weighted by Gasteiger charge is -2.34. The smallest absolute Gasteiger partial charge is 0.339 e. The summed E-state index contributed by atoms with van der Waals surface area (Å²) in [7, 11) is -0.677. The maximum Gasteiger partial charge on any atom is 0.476 e. The van der Waals surface area contributed by atoms with Crippen LogP contribution in [0.25, 0.3) is 0 Å². The van der Waals surface area contributed by atoms with E-state index in [2.05, 4.69) is 27.0 Å². The minimum absolute atomic E-state index is 0.119. The molecule has 11 heteroatoms. The van der Waals surface area contributed by atoms with Crippen molar-refractivity contribution in [2.45, 2.75) is 65.3 Å². The first-order chi connectivity index (χ1) is 18.6. The van der Waals surface area contributed by atoms with Crippen LogP contribution in [0.1, 0.15) is 68.7 Å². The Morgan fingerprint density at radius 3 is 2.25 bits per heavy atom. The van der Waals surface area contributed by atoms with Gasteiger partial charge < -0.3 is 4.90 Å². The van der Waals surface area contributed by atoms with Gasteiger partial charge >= 0.3 is 7.82 Å². The van der Waals surface area contributed by atoms with Gasteiger partial charge in [-0.3, -0.25) is 23.3 Å². The summed E-state index contributed by atoms with van der Waals surface area (Å²) in [5, 5.41) is 8.13. The molecule has 0 saturated carbocycles. The molecule has 0 saturated heterocycles. The maximum atomic E-state index is 13.9. The van der Waals surface area contributed by atoms with Crippen molar-refractivity contribution in [3.05, 3.63) is 77.4 Å². The molecular formula is C29H38N5O5P. The summed E-state index contributed by atoms with van der Waals surface area (Å²) in [6.07, 6.45) is 4.30. The van der Waals surface area contributed by atoms with E-state index in [9.17, 15) is 9.36 Å². The second kappa shape index (κ2) is 12.9. The average molecular weight is 568 g/mol. The van der Waals surface area contributed by atoms with Gasteiger partial charge in [0.15, 0.2) is 5.69 Å². The molecule has 0 bridgehead atoms. The van der Waals surface area contributed by atoms with E-state index in [1.54, 1.807) is 74.1 Å². The van der Waals surface area contributed by atoms with Crippen molar-refractivity contribution in [1.29, 1.82) is 0 Å². The summed E-state index contributed by atoms with van der Waals surface area (Å²) in [4.78, 5) is 20.5. The molecule has 0 aliphatic carbocycles. The van der Waals surface area contributed by atoms with Crippen LogP contribution in [0.2, 0.25) is 0 Å². The molecule has 0 aliphatic rings. The molecule has 3 rings (SSSR count). The predicted octanol–water partition coefficient (Wildman–Crippen LogP) is 5.05. The normalized spacial score (nSPS) is 12.9. The van der Waals surface area contributed by atoms with E-state index in [1.165, 1.54) is 15.9 Å². The van der Waals surface area contributed by atoms with Crippen LogP contribution < -0.4 is 0 Å². The predicted molar refractivity (Wildman–Crippen MR) is 152 cm³/mol. The number of aryl methyl sites for hydroxylation is 1. The van der Waals surface area contributed by atoms with Gasteiger partial charge in [-0.2, -0.15) is 9.90 Å². The number of amides is 1. The molecule has 0 fully saturated rings. The number of carbonyl (C=O) groups is 1. The zero-order chi connectivity index (χ0) is 29.6. The van der Waals surface area contributed by atoms with Crippen LogP contribution in [0.5, 0.6) is 0 Å². The molecule has 214 valence electrons. The third kappa shape index (κ3) is 10.3. The highest BCUT2D eigenvalue weighted by Gasteiger charge is 2.40. The molecule has 3 aromatic rings. The Balaban J connectivity index is 1.84. The number of rotatable bonds is 9. The van der Waals surface area contributed by atoms with E-state index in [0.717, 1.165) is 5.56 Å². The fraction of sp³-hybridized carbons (Fsp3) is 0.448. The molecule has 0 radical (unpaired) electrons. The Hall–Kier alpha value is -3.35. The van der Waals surface area contributed by atoms with Gasteiger partial charge in [-0.05, 0) is 59.1 Å². The molecule has 10 nitrogen and oxygen atoms in total. The number of carbonyl (C=O) groups excluding carboxylic acids is 1. The standard InChI is InChI=1S/C29H38N5O5P/c1-28(2,3)38-40(36,39-29(4,5)6)37-26(17-22-12-10-9-11-13-22)21-33(7)27(35)24-16-23(18-30-19-24)14-15-25-20-31-34(8)32-25/h9-13,16,18-20,26H,17,21H2,1-8H3/t26-/m0/s1. The van der Waals surface area contributed by atoms with Crippen molar-refractivity contribution in [3.63, 3.8) is 0 Å². The lowest BCUT2D eigenvalue weighted by atomic mass is 10.1. The van der Waals surface area contributed by atoms with Crippen molar-refractivity contribution in [3.8, 4) is 11.8 Å². The largest absolute Gasteiger partial charge is 0.476 e. The number of benzene rings is 1. The number of aromatic nitrogens is 4. The van der Waals surface area contributed by atoms with Crippen molar-refractivity contribution in [2.24, 2.45) is 7.05 Å². The summed E-state index contributed by atoms with van der Waals surface area (Å²) in [5.74, 6) is 5.58. The molecule has 0 aliphatic heterocycles. The van der Waals surface area contributed by atoms with Crippen LogP contribution >= 0.6 is 7.82 Å². The fourth-order valence-corrected chi connectivity index (χ4v) is 5.67. The van der Waals surface area contributed by atoms with Crippen LogP contribution in [0.15, 0.2) is 55.0 Å². The molecule has 2 heterocycles. The maximum absolute atomic E-state index is 13.9. The first kappa shape index (κ1) is 31.2. The summed E-state index contributed by atoms with van der Waals surface area (Å²) in [5.41, 5.74) is 0.790. The van der Waals surface area contributed by atoms with Crippen LogP contribution in [0, 0.1) is 11.8 Å². The molecule has 1 aromatic carbocycles. The highest BCUT2D eigenvalue weighted by molar-refractivity contribution is 7.48. The molecule has 0 N–H and O–H groups in total. The van der Waals surface area contributed by atoms with Gasteiger partial charge in [-0.15, -0.1) is 5.10 Å². The molecule has 0 spiro atoms. The molecule has 2 aromatic heterocycles. The first-order valence-electron chi connectivity index (χ1n) is 12.9. The number of phosphoric acid groups is 1. The number of phosphoric ester groups is 1. The third-order valence-corrected chi connectivity index (χ3v) is 7.20. The van der Waals surface area contributed by atoms with Crippen molar-refractivity contribution < 1.29 is 22.9 Å². The van der Waals surface area contributed by atoms with E-state index >= 15 is 0 Å². The van der Waals surface area contributed by atoms with Crippen LogP contribution in [-0.4, -0.2) is 61.7 Å². The monoisotopic (exact) mass is 567 g/mol. The quantitative estimate of drug-likeness (QED) is 0.261. The Morgan fingerprint density at radius 2 is 1.68 bits per heavy atom. The first-order valence-corrected chi connectivity index (χ1v) is 14.4. The Morgan fingerprint density at radius 1 is 1.02 bits per heavy atom. The molecule has 0 unspecified atom stereocenters. The summed E-state index contributed by atoms with van der Waals surface area (Å²) in [6.45, 7) is 10.8. The van der Waals surface area contributed by atoms with E-state index in [1.807, 2.05) is 30.3 Å². The van der Waals surface area contributed by atoms with E-state index in [0.29, 0.717) is 23.2 Å². The Bertz CT molecular complexity index is 1380. The number of hydrogen-bond acceptors (Lipinski definition) is 8. The van der Waals surface area contributed by atoms with Crippen LogP contribution in [0.3, 0.4) is 0 Å². The lowest BCUT2D eigenvalue weighted by Crippen LogP contribution is -2.37. The van der Waals surface area contributed by atoms with Crippen LogP contribution in [-0.2, 0) is 31.6 Å². The molecular weight excluding hydrogens is 529 g/mol. The van der Waals surface area contributed by atoms with Gasteiger partial charge in [0.2, 0.25) is 0 Å². The highest BCUT2D eigenvalue weighted by Crippen LogP contribution is 2.56. The van der Waals surface area contributed by atoms with Gasteiger partial charge in [0.05, 0.1) is 29.1 Å². The number of nitrogens with zero attached hydrogens (tertiary/aromatic N) is 5. The second-order valence-corrected chi connectivity index (χ2v) is 12.9. The average Bonchev–Trinajstić information content (AvgIpc) is 3.25. The minimum Gasteiger partial charge on any atom is -0.339 e. The Kier molecular flexibility index (Phi) is 10.0. The van der Waals surface area contributed by atoms with Gasteiger partial charge in [0.25, 0.3) is 5.91 Å². The summed E-state index contributed by atoms with van der Waals surface area (Å²) < 4.78 is 31.7. The van der Waals surface area contributed by atoms with Gasteiger partial charge in [0, 0.05) is 45.0 Å². The van der Waals surface area contributed by atoms with Gasteiger partial charge in [0.1, 0.15) is 0 Å². The van der Waals surface area contributed by atoms with Gasteiger partial charge in [-0.1, -0.05) is 36.3 Å². The topological polar surface area (TPSA) is 109 Å². The van der Waals surface area contributed by atoms with Crippen molar-refractivity contribution in [2.75, 3.05) is 13.6 Å². The highest BCUT2D eigenvalue weighted by atomic mass is 31.2. The third-order valence-electron chi connectivity index (χ3n) is 5.10. The summed E-state index contributed by atoms with van der Waals surface area (Å²) in [6, 6.07) is 11.3. The zero-order valence-corrected chi connectivity index (χ0v) is 25.3. The fourth-order valence-electron chi connectivity index (χ4n) is 3.70. The minimum atomic E-state index is -4.04. The zero-order valence-electron chi connectivity index (χ0n) is 24.4. The SMILES string of the molecule is CN(C[C@H](Cc1ccccc1)OP(=O)(OC(C)(C)C)OC(C)(C)C)C(=O)c1cncc(C#Cc2cnn(C)n2)c1. The number of likely N-dealkylation sites (N-methyl/N-ethyl adjacent to an activating group) is 1. The molecule has 1 atom stereocenters. The second-order valence-electron chi connectivity index (χ2n) is 11.4. The van der Waals surface area contributed by atoms with E-state index in [-0.39, 0.29) is 12.5 Å². The van der Waals surface area contributed by atoms with Crippen LogP contribution in [0.4, 0.5) is 0 Å². The van der Waals surface area contributed by atoms with Gasteiger partial charge in [-0.25, -0.2) is 4.57 Å². The lowest BCUT2D eigenvalue weighted by molar-refractivity contribution is -0.0147. The summed E-state index contributed by atoms with van der Waals surface area (Å²) >= 11 is 0. The number of hydrogen-bond donors (Lipinski definition) is 0. The molecule has 40 heavy (non-hydrogen) atoms. The van der Waals surface area contributed by atoms with Crippen molar-refractivity contribution in [1.82, 2.24) is 24.9 Å². The number of pyridine rings is 1. The molecule has 1 amide bonds.